The molecule has 1 fully saturated rings. The zero-order valence-electron chi connectivity index (χ0n) is 15.7. The zero-order chi connectivity index (χ0) is 18.8. The normalized spacial score (nSPS) is 18.0. The highest BCUT2D eigenvalue weighted by Crippen LogP contribution is 2.24. The number of aromatic nitrogens is 2. The molecule has 25 heavy (non-hydrogen) atoms. The van der Waals surface area contributed by atoms with Crippen molar-refractivity contribution < 1.29 is 13.9 Å². The van der Waals surface area contributed by atoms with Crippen LogP contribution in [0.1, 0.15) is 44.5 Å². The van der Waals surface area contributed by atoms with E-state index in [1.807, 2.05) is 18.7 Å². The lowest BCUT2D eigenvalue weighted by Gasteiger charge is -2.42. The molecule has 6 nitrogen and oxygen atoms in total. The van der Waals surface area contributed by atoms with E-state index in [0.29, 0.717) is 38.0 Å². The van der Waals surface area contributed by atoms with Crippen LogP contribution in [0.15, 0.2) is 10.9 Å². The number of likely N-dealkylation sites (tertiary alicyclic amines) is 1. The van der Waals surface area contributed by atoms with Crippen LogP contribution in [0, 0.1) is 12.8 Å². The summed E-state index contributed by atoms with van der Waals surface area (Å²) in [5, 5.41) is 4.41. The van der Waals surface area contributed by atoms with Crippen molar-refractivity contribution in [2.24, 2.45) is 5.92 Å². The van der Waals surface area contributed by atoms with Gasteiger partial charge in [0.1, 0.15) is 5.67 Å². The SMILES string of the molecule is COC(=O)[C@H](CC(C)C)n1nc(CCN2CC(C)(F)C2)cc(C)c1=O. The smallest absolute Gasteiger partial charge is 0.330 e. The highest BCUT2D eigenvalue weighted by molar-refractivity contribution is 5.73. The first-order valence-electron chi connectivity index (χ1n) is 8.71. The number of aryl methyl sites for hydroxylation is 1. The molecule has 1 saturated heterocycles. The maximum absolute atomic E-state index is 13.6. The number of methoxy groups -OCH3 is 1. The summed E-state index contributed by atoms with van der Waals surface area (Å²) < 4.78 is 19.7. The Morgan fingerprint density at radius 3 is 2.60 bits per heavy atom. The van der Waals surface area contributed by atoms with Gasteiger partial charge in [-0.15, -0.1) is 0 Å². The largest absolute Gasteiger partial charge is 0.467 e. The van der Waals surface area contributed by atoms with Gasteiger partial charge in [-0.05, 0) is 32.3 Å². The second-order valence-corrected chi connectivity index (χ2v) is 7.61. The molecule has 0 bridgehead atoms. The van der Waals surface area contributed by atoms with E-state index in [1.54, 1.807) is 19.9 Å². The van der Waals surface area contributed by atoms with E-state index in [4.69, 9.17) is 4.74 Å². The van der Waals surface area contributed by atoms with E-state index in [9.17, 15) is 14.0 Å². The minimum absolute atomic E-state index is 0.213. The van der Waals surface area contributed by atoms with Crippen LogP contribution in [-0.4, -0.2) is 53.1 Å². The van der Waals surface area contributed by atoms with Crippen LogP contribution in [-0.2, 0) is 16.0 Å². The first-order chi connectivity index (χ1) is 11.6. The average Bonchev–Trinajstić information content (AvgIpc) is 2.50. The molecule has 0 saturated carbocycles. The molecule has 0 spiro atoms. The number of nitrogens with zero attached hydrogens (tertiary/aromatic N) is 3. The molecule has 1 aliphatic rings. The Kier molecular flexibility index (Phi) is 5.98. The number of hydrogen-bond acceptors (Lipinski definition) is 5. The van der Waals surface area contributed by atoms with Gasteiger partial charge in [0.05, 0.1) is 12.8 Å². The fourth-order valence-corrected chi connectivity index (χ4v) is 3.23. The van der Waals surface area contributed by atoms with Gasteiger partial charge in [0.2, 0.25) is 0 Å². The van der Waals surface area contributed by atoms with Crippen molar-refractivity contribution in [3.63, 3.8) is 0 Å². The highest BCUT2D eigenvalue weighted by atomic mass is 19.1. The van der Waals surface area contributed by atoms with Gasteiger partial charge in [-0.1, -0.05) is 13.8 Å². The zero-order valence-corrected chi connectivity index (χ0v) is 15.7. The first-order valence-corrected chi connectivity index (χ1v) is 8.71. The van der Waals surface area contributed by atoms with Gasteiger partial charge >= 0.3 is 5.97 Å². The summed E-state index contributed by atoms with van der Waals surface area (Å²) in [6.07, 6.45) is 1.08. The summed E-state index contributed by atoms with van der Waals surface area (Å²) in [7, 11) is 1.31. The molecular weight excluding hydrogens is 325 g/mol. The molecule has 7 heteroatoms. The molecule has 1 atom stereocenters. The summed E-state index contributed by atoms with van der Waals surface area (Å²) in [5.41, 5.74) is -0.112. The molecule has 1 aliphatic heterocycles. The van der Waals surface area contributed by atoms with Gasteiger partial charge in [0.25, 0.3) is 5.56 Å². The van der Waals surface area contributed by atoms with Crippen molar-refractivity contribution in [3.05, 3.63) is 27.7 Å². The number of esters is 1. The van der Waals surface area contributed by atoms with E-state index in [1.165, 1.54) is 11.8 Å². The van der Waals surface area contributed by atoms with Crippen molar-refractivity contribution in [1.29, 1.82) is 0 Å². The second-order valence-electron chi connectivity index (χ2n) is 7.61. The van der Waals surface area contributed by atoms with Crippen LogP contribution in [0.4, 0.5) is 4.39 Å². The first kappa shape index (κ1) is 19.6. The number of carbonyl (C=O) groups is 1. The third-order valence-electron chi connectivity index (χ3n) is 4.42. The predicted molar refractivity (Wildman–Crippen MR) is 93.4 cm³/mol. The molecule has 0 aromatic carbocycles. The Hall–Kier alpha value is -1.76. The molecule has 0 unspecified atom stereocenters. The molecular formula is C18H28FN3O3. The Bertz CT molecular complexity index is 677. The fraction of sp³-hybridized carbons (Fsp3) is 0.722. The second kappa shape index (κ2) is 7.64. The lowest BCUT2D eigenvalue weighted by Crippen LogP contribution is -2.57. The minimum atomic E-state index is -1.10. The molecule has 2 rings (SSSR count). The van der Waals surface area contributed by atoms with Crippen molar-refractivity contribution >= 4 is 5.97 Å². The lowest BCUT2D eigenvalue weighted by atomic mass is 9.99. The molecule has 0 amide bonds. The third kappa shape index (κ3) is 4.87. The molecule has 0 radical (unpaired) electrons. The number of ether oxygens (including phenoxy) is 1. The summed E-state index contributed by atoms with van der Waals surface area (Å²) in [4.78, 5) is 26.6. The molecule has 1 aromatic rings. The van der Waals surface area contributed by atoms with Crippen LogP contribution in [0.3, 0.4) is 0 Å². The monoisotopic (exact) mass is 353 g/mol. The van der Waals surface area contributed by atoms with E-state index >= 15 is 0 Å². The van der Waals surface area contributed by atoms with Crippen LogP contribution in [0.25, 0.3) is 0 Å². The summed E-state index contributed by atoms with van der Waals surface area (Å²) in [6.45, 7) is 8.80. The quantitative estimate of drug-likeness (QED) is 0.701. The average molecular weight is 353 g/mol. The van der Waals surface area contributed by atoms with Gasteiger partial charge < -0.3 is 4.74 Å². The number of rotatable bonds is 7. The van der Waals surface area contributed by atoms with E-state index in [-0.39, 0.29) is 11.5 Å². The van der Waals surface area contributed by atoms with Gasteiger partial charge in [0, 0.05) is 31.6 Å². The molecule has 2 heterocycles. The van der Waals surface area contributed by atoms with Gasteiger partial charge in [-0.2, -0.15) is 5.10 Å². The topological polar surface area (TPSA) is 64.4 Å². The van der Waals surface area contributed by atoms with Crippen LogP contribution in [0.2, 0.25) is 0 Å². The minimum Gasteiger partial charge on any atom is -0.467 e. The third-order valence-corrected chi connectivity index (χ3v) is 4.42. The Morgan fingerprint density at radius 1 is 1.44 bits per heavy atom. The van der Waals surface area contributed by atoms with Crippen LogP contribution in [0.5, 0.6) is 0 Å². The Labute approximate surface area is 148 Å². The Morgan fingerprint density at radius 2 is 2.08 bits per heavy atom. The number of alkyl halides is 1. The lowest BCUT2D eigenvalue weighted by molar-refractivity contribution is -0.145. The van der Waals surface area contributed by atoms with E-state index in [0.717, 1.165) is 5.69 Å². The van der Waals surface area contributed by atoms with Crippen molar-refractivity contribution in [2.75, 3.05) is 26.7 Å². The highest BCUT2D eigenvalue weighted by Gasteiger charge is 2.38. The van der Waals surface area contributed by atoms with Gasteiger partial charge in [-0.25, -0.2) is 13.9 Å². The van der Waals surface area contributed by atoms with E-state index < -0.39 is 17.7 Å². The van der Waals surface area contributed by atoms with Crippen molar-refractivity contribution in [2.45, 2.75) is 52.2 Å². The predicted octanol–water partition coefficient (Wildman–Crippen LogP) is 1.90. The molecule has 140 valence electrons. The van der Waals surface area contributed by atoms with Gasteiger partial charge in [-0.3, -0.25) is 9.69 Å². The molecule has 1 aromatic heterocycles. The summed E-state index contributed by atoms with van der Waals surface area (Å²) in [5.74, 6) is -0.249. The number of hydrogen-bond donors (Lipinski definition) is 0. The summed E-state index contributed by atoms with van der Waals surface area (Å²) in [6, 6.07) is 1.02. The molecule has 0 aliphatic carbocycles. The van der Waals surface area contributed by atoms with Gasteiger partial charge in [0.15, 0.2) is 6.04 Å². The number of carbonyl (C=O) groups excluding carboxylic acids is 1. The van der Waals surface area contributed by atoms with Crippen molar-refractivity contribution in [3.8, 4) is 0 Å². The van der Waals surface area contributed by atoms with E-state index in [2.05, 4.69) is 5.10 Å². The number of halogens is 1. The maximum atomic E-state index is 13.6. The fourth-order valence-electron chi connectivity index (χ4n) is 3.23. The molecule has 0 N–H and O–H groups in total. The van der Waals surface area contributed by atoms with Crippen LogP contribution >= 0.6 is 0 Å². The van der Waals surface area contributed by atoms with Crippen molar-refractivity contribution in [1.82, 2.24) is 14.7 Å². The Balaban J connectivity index is 2.20. The van der Waals surface area contributed by atoms with Crippen LogP contribution < -0.4 is 5.56 Å². The standard InChI is InChI=1S/C18H28FN3O3/c1-12(2)8-15(17(24)25-5)22-16(23)13(3)9-14(20-22)6-7-21-10-18(4,19)11-21/h9,12,15H,6-8,10-11H2,1-5H3/t15-/m0/s1. The maximum Gasteiger partial charge on any atom is 0.330 e. The summed E-state index contributed by atoms with van der Waals surface area (Å²) >= 11 is 0.